The molecule has 0 saturated carbocycles. The standard InChI is InChI=1S/C20H25NO6S/c1-3-4-8-21(15-7-9-28(24,25)13-15)19(22)12-26-16-5-6-17-14(2)10-20(23)27-18(17)11-16/h5-6,10-11,15H,3-4,7-9,12-13H2,1-2H3/t15-/m0/s1. The van der Waals surface area contributed by atoms with Gasteiger partial charge >= 0.3 is 5.63 Å². The molecule has 0 spiro atoms. The van der Waals surface area contributed by atoms with E-state index in [4.69, 9.17) is 9.15 Å². The normalized spacial score (nSPS) is 18.3. The molecule has 1 saturated heterocycles. The van der Waals surface area contributed by atoms with E-state index in [1.807, 2.05) is 13.8 Å². The zero-order valence-electron chi connectivity index (χ0n) is 16.1. The summed E-state index contributed by atoms with van der Waals surface area (Å²) in [5.74, 6) is 0.325. The van der Waals surface area contributed by atoms with E-state index >= 15 is 0 Å². The minimum atomic E-state index is -3.08. The summed E-state index contributed by atoms with van der Waals surface area (Å²) in [4.78, 5) is 25.9. The van der Waals surface area contributed by atoms with Gasteiger partial charge in [0, 0.05) is 30.1 Å². The molecule has 0 bridgehead atoms. The van der Waals surface area contributed by atoms with Crippen molar-refractivity contribution in [1.29, 1.82) is 0 Å². The highest BCUT2D eigenvalue weighted by atomic mass is 32.2. The van der Waals surface area contributed by atoms with Gasteiger partial charge in [0.05, 0.1) is 11.5 Å². The highest BCUT2D eigenvalue weighted by Gasteiger charge is 2.34. The molecular weight excluding hydrogens is 382 g/mol. The number of hydrogen-bond donors (Lipinski definition) is 0. The van der Waals surface area contributed by atoms with Crippen LogP contribution in [0.25, 0.3) is 11.0 Å². The van der Waals surface area contributed by atoms with Gasteiger partial charge in [-0.05, 0) is 37.5 Å². The van der Waals surface area contributed by atoms with Crippen molar-refractivity contribution in [1.82, 2.24) is 4.90 Å². The smallest absolute Gasteiger partial charge is 0.336 e. The Labute approximate surface area is 164 Å². The van der Waals surface area contributed by atoms with Gasteiger partial charge in [-0.2, -0.15) is 0 Å². The fourth-order valence-electron chi connectivity index (χ4n) is 3.48. The maximum Gasteiger partial charge on any atom is 0.336 e. The van der Waals surface area contributed by atoms with Crippen LogP contribution in [0.3, 0.4) is 0 Å². The van der Waals surface area contributed by atoms with E-state index in [9.17, 15) is 18.0 Å². The Bertz CT molecular complexity index is 1030. The summed E-state index contributed by atoms with van der Waals surface area (Å²) in [5.41, 5.74) is 0.771. The summed E-state index contributed by atoms with van der Waals surface area (Å²) < 4.78 is 34.4. The van der Waals surface area contributed by atoms with E-state index < -0.39 is 15.5 Å². The Hall–Kier alpha value is -2.35. The zero-order chi connectivity index (χ0) is 20.3. The van der Waals surface area contributed by atoms with Gasteiger partial charge in [0.1, 0.15) is 11.3 Å². The lowest BCUT2D eigenvalue weighted by Gasteiger charge is -2.28. The largest absolute Gasteiger partial charge is 0.484 e. The number of unbranched alkanes of at least 4 members (excludes halogenated alkanes) is 1. The second-order valence-electron chi connectivity index (χ2n) is 7.19. The summed E-state index contributed by atoms with van der Waals surface area (Å²) in [6, 6.07) is 6.23. The molecule has 0 aliphatic carbocycles. The van der Waals surface area contributed by atoms with Crippen LogP contribution in [0.2, 0.25) is 0 Å². The van der Waals surface area contributed by atoms with Crippen molar-refractivity contribution in [3.8, 4) is 5.75 Å². The number of hydrogen-bond acceptors (Lipinski definition) is 6. The number of ether oxygens (including phenoxy) is 1. The Balaban J connectivity index is 1.71. The van der Waals surface area contributed by atoms with Crippen molar-refractivity contribution >= 4 is 26.7 Å². The van der Waals surface area contributed by atoms with Crippen LogP contribution in [0.4, 0.5) is 0 Å². The average molecular weight is 407 g/mol. The molecule has 1 fully saturated rings. The number of nitrogens with zero attached hydrogens (tertiary/aromatic N) is 1. The van der Waals surface area contributed by atoms with Crippen LogP contribution in [0.5, 0.6) is 5.75 Å². The first-order valence-electron chi connectivity index (χ1n) is 9.46. The molecule has 1 aliphatic heterocycles. The fraction of sp³-hybridized carbons (Fsp3) is 0.500. The molecular formula is C20H25NO6S. The molecule has 8 heteroatoms. The van der Waals surface area contributed by atoms with Gasteiger partial charge in [0.25, 0.3) is 5.91 Å². The predicted molar refractivity (Wildman–Crippen MR) is 106 cm³/mol. The van der Waals surface area contributed by atoms with Gasteiger partial charge in [0.15, 0.2) is 16.4 Å². The summed E-state index contributed by atoms with van der Waals surface area (Å²) in [6.07, 6.45) is 2.19. The van der Waals surface area contributed by atoms with Crippen LogP contribution in [0.1, 0.15) is 31.7 Å². The second-order valence-corrected chi connectivity index (χ2v) is 9.42. The maximum atomic E-state index is 12.7. The minimum Gasteiger partial charge on any atom is -0.484 e. The SMILES string of the molecule is CCCCN(C(=O)COc1ccc2c(C)cc(=O)oc2c1)[C@H]1CCS(=O)(=O)C1. The maximum absolute atomic E-state index is 12.7. The van der Waals surface area contributed by atoms with Crippen LogP contribution in [-0.2, 0) is 14.6 Å². The van der Waals surface area contributed by atoms with E-state index in [-0.39, 0.29) is 30.1 Å². The lowest BCUT2D eigenvalue weighted by atomic mass is 10.1. The molecule has 1 atom stereocenters. The van der Waals surface area contributed by atoms with Crippen LogP contribution in [-0.4, -0.2) is 49.9 Å². The van der Waals surface area contributed by atoms with Crippen molar-refractivity contribution < 1.29 is 22.4 Å². The first-order chi connectivity index (χ1) is 13.3. The van der Waals surface area contributed by atoms with Gasteiger partial charge in [-0.25, -0.2) is 13.2 Å². The fourth-order valence-corrected chi connectivity index (χ4v) is 5.21. The third-order valence-electron chi connectivity index (χ3n) is 5.01. The van der Waals surface area contributed by atoms with Crippen LogP contribution in [0.15, 0.2) is 33.5 Å². The van der Waals surface area contributed by atoms with Crippen molar-refractivity contribution in [2.75, 3.05) is 24.7 Å². The number of rotatable bonds is 7. The molecule has 3 rings (SSSR count). The molecule has 0 radical (unpaired) electrons. The quantitative estimate of drug-likeness (QED) is 0.654. The number of benzene rings is 1. The molecule has 0 unspecified atom stereocenters. The highest BCUT2D eigenvalue weighted by Crippen LogP contribution is 2.23. The summed E-state index contributed by atoms with van der Waals surface area (Å²) in [7, 11) is -3.08. The van der Waals surface area contributed by atoms with Crippen molar-refractivity contribution in [2.24, 2.45) is 0 Å². The van der Waals surface area contributed by atoms with E-state index in [0.29, 0.717) is 24.3 Å². The molecule has 0 N–H and O–H groups in total. The molecule has 2 heterocycles. The summed E-state index contributed by atoms with van der Waals surface area (Å²) in [6.45, 7) is 4.17. The van der Waals surface area contributed by atoms with E-state index in [1.165, 1.54) is 6.07 Å². The average Bonchev–Trinajstić information content (AvgIpc) is 2.99. The van der Waals surface area contributed by atoms with Crippen molar-refractivity contribution in [3.63, 3.8) is 0 Å². The zero-order valence-corrected chi connectivity index (χ0v) is 17.0. The van der Waals surface area contributed by atoms with Crippen molar-refractivity contribution in [2.45, 2.75) is 39.2 Å². The lowest BCUT2D eigenvalue weighted by Crippen LogP contribution is -2.44. The minimum absolute atomic E-state index is 0.0167. The number of amides is 1. The van der Waals surface area contributed by atoms with Gasteiger partial charge in [-0.15, -0.1) is 0 Å². The number of carbonyl (C=O) groups is 1. The van der Waals surface area contributed by atoms with Gasteiger partial charge in [-0.1, -0.05) is 13.3 Å². The number of aryl methyl sites for hydroxylation is 1. The number of sulfone groups is 1. The number of fused-ring (bicyclic) bond motifs is 1. The molecule has 152 valence electrons. The van der Waals surface area contributed by atoms with E-state index in [1.54, 1.807) is 23.1 Å². The molecule has 2 aromatic rings. The highest BCUT2D eigenvalue weighted by molar-refractivity contribution is 7.91. The van der Waals surface area contributed by atoms with Crippen LogP contribution >= 0.6 is 0 Å². The Morgan fingerprint density at radius 1 is 1.32 bits per heavy atom. The third kappa shape index (κ3) is 4.73. The van der Waals surface area contributed by atoms with Gasteiger partial charge in [-0.3, -0.25) is 4.79 Å². The summed E-state index contributed by atoms with van der Waals surface area (Å²) in [5, 5.41) is 0.805. The van der Waals surface area contributed by atoms with Gasteiger partial charge in [0.2, 0.25) is 0 Å². The summed E-state index contributed by atoms with van der Waals surface area (Å²) >= 11 is 0. The first-order valence-corrected chi connectivity index (χ1v) is 11.3. The van der Waals surface area contributed by atoms with Crippen LogP contribution in [0, 0.1) is 6.92 Å². The predicted octanol–water partition coefficient (Wildman–Crippen LogP) is 2.30. The molecule has 7 nitrogen and oxygen atoms in total. The molecule has 1 aromatic heterocycles. The molecule has 28 heavy (non-hydrogen) atoms. The molecule has 1 amide bonds. The van der Waals surface area contributed by atoms with E-state index in [0.717, 1.165) is 23.8 Å². The van der Waals surface area contributed by atoms with Crippen molar-refractivity contribution in [3.05, 3.63) is 40.2 Å². The lowest BCUT2D eigenvalue weighted by molar-refractivity contribution is -0.135. The second kappa shape index (κ2) is 8.34. The van der Waals surface area contributed by atoms with E-state index in [2.05, 4.69) is 0 Å². The van der Waals surface area contributed by atoms with Crippen LogP contribution < -0.4 is 10.4 Å². The Morgan fingerprint density at radius 3 is 2.79 bits per heavy atom. The molecule has 1 aliphatic rings. The topological polar surface area (TPSA) is 93.9 Å². The number of carbonyl (C=O) groups excluding carboxylic acids is 1. The molecule has 1 aromatic carbocycles. The van der Waals surface area contributed by atoms with Gasteiger partial charge < -0.3 is 14.1 Å². The Kier molecular flexibility index (Phi) is 6.07. The Morgan fingerprint density at radius 2 is 2.11 bits per heavy atom. The monoisotopic (exact) mass is 407 g/mol. The first kappa shape index (κ1) is 20.4. The third-order valence-corrected chi connectivity index (χ3v) is 6.76.